The summed E-state index contributed by atoms with van der Waals surface area (Å²) in [6.07, 6.45) is 1.83. The van der Waals surface area contributed by atoms with Crippen molar-refractivity contribution in [1.82, 2.24) is 10.3 Å². The van der Waals surface area contributed by atoms with Gasteiger partial charge in [0.2, 0.25) is 0 Å². The molecule has 0 aliphatic rings. The summed E-state index contributed by atoms with van der Waals surface area (Å²) < 4.78 is 55.5. The van der Waals surface area contributed by atoms with E-state index in [-0.39, 0.29) is 16.5 Å². The van der Waals surface area contributed by atoms with Crippen LogP contribution in [0.25, 0.3) is 0 Å². The van der Waals surface area contributed by atoms with Crippen molar-refractivity contribution in [3.8, 4) is 0 Å². The van der Waals surface area contributed by atoms with Crippen LogP contribution in [0.1, 0.15) is 6.42 Å². The Labute approximate surface area is 200 Å². The van der Waals surface area contributed by atoms with Crippen LogP contribution in [0.5, 0.6) is 0 Å². The minimum Gasteiger partial charge on any atom is -0.373 e. The minimum atomic E-state index is -4.84. The lowest BCUT2D eigenvalue weighted by Gasteiger charge is -2.40. The van der Waals surface area contributed by atoms with Gasteiger partial charge in [0.25, 0.3) is 0 Å². The summed E-state index contributed by atoms with van der Waals surface area (Å²) in [5, 5.41) is 7.64. The molecule has 0 aliphatic heterocycles. The normalized spacial score (nSPS) is 12.8. The Balaban J connectivity index is 1.92. The molecule has 12 heteroatoms. The maximum atomic E-state index is 15.1. The molecule has 33 heavy (non-hydrogen) atoms. The van der Waals surface area contributed by atoms with Crippen molar-refractivity contribution in [1.29, 1.82) is 0 Å². The highest BCUT2D eigenvalue weighted by atomic mass is 35.5. The van der Waals surface area contributed by atoms with Crippen molar-refractivity contribution in [2.24, 2.45) is 0 Å². The maximum Gasteiger partial charge on any atom is 0.154 e. The molecular weight excluding hydrogens is 492 g/mol. The first kappa shape index (κ1) is 25.3. The molecule has 0 bridgehead atoms. The topological polar surface area (TPSA) is 89.5 Å². The molecule has 0 amide bonds. The van der Waals surface area contributed by atoms with Gasteiger partial charge in [0, 0.05) is 31.3 Å². The molecule has 0 saturated heterocycles. The lowest BCUT2D eigenvalue weighted by Crippen LogP contribution is -2.40. The number of rotatable bonds is 10. The van der Waals surface area contributed by atoms with Crippen molar-refractivity contribution in [3.63, 3.8) is 0 Å². The zero-order chi connectivity index (χ0) is 24.2. The number of halogens is 3. The molecule has 0 fully saturated rings. The highest BCUT2D eigenvalue weighted by molar-refractivity contribution is 8.15. The first-order valence-electron chi connectivity index (χ1n) is 9.96. The van der Waals surface area contributed by atoms with Gasteiger partial charge >= 0.3 is 0 Å². The third kappa shape index (κ3) is 6.18. The number of benzene rings is 2. The van der Waals surface area contributed by atoms with E-state index >= 15 is 4.39 Å². The van der Waals surface area contributed by atoms with Crippen LogP contribution in [-0.2, 0) is 9.53 Å². The van der Waals surface area contributed by atoms with Gasteiger partial charge < -0.3 is 15.5 Å². The van der Waals surface area contributed by atoms with Gasteiger partial charge in [0.15, 0.2) is 5.82 Å². The monoisotopic (exact) mass is 517 g/mol. The van der Waals surface area contributed by atoms with Crippen molar-refractivity contribution in [2.75, 3.05) is 48.4 Å². The summed E-state index contributed by atoms with van der Waals surface area (Å²) in [4.78, 5) is 5.32. The van der Waals surface area contributed by atoms with Crippen molar-refractivity contribution in [3.05, 3.63) is 57.9 Å². The van der Waals surface area contributed by atoms with E-state index in [1.165, 1.54) is 40.4 Å². The Morgan fingerprint density at radius 3 is 2.67 bits per heavy atom. The maximum absolute atomic E-state index is 15.1. The van der Waals surface area contributed by atoms with Crippen LogP contribution in [0.2, 0.25) is 5.02 Å². The standard InChI is InChI=1S/C21H26ClF2N5O2S2/c1-25-7-4-8-29(2)19-9-14(23)5-6-17(19)27-18-11-16(24)20(10-15(18)22)33(3,30,31)28-21-12-32-13-26-21/h5-6,9-13,25,27H,4,7-8H2,1-3H3,(H2,28,30,31). The molecule has 0 unspecified atom stereocenters. The average molecular weight is 518 g/mol. The molecule has 4 N–H and O–H groups in total. The number of nitrogens with one attached hydrogen (secondary N) is 3. The van der Waals surface area contributed by atoms with Gasteiger partial charge in [-0.3, -0.25) is 9.27 Å². The van der Waals surface area contributed by atoms with Crippen molar-refractivity contribution in [2.45, 2.75) is 11.3 Å². The van der Waals surface area contributed by atoms with Gasteiger partial charge in [0.1, 0.15) is 16.5 Å². The van der Waals surface area contributed by atoms with E-state index in [9.17, 15) is 13.2 Å². The molecule has 1 heterocycles. The largest absolute Gasteiger partial charge is 0.373 e. The van der Waals surface area contributed by atoms with E-state index in [0.29, 0.717) is 17.9 Å². The van der Waals surface area contributed by atoms with Crippen LogP contribution in [-0.4, -0.2) is 47.2 Å². The number of hydrogen-bond acceptors (Lipinski definition) is 6. The van der Waals surface area contributed by atoms with Gasteiger partial charge in [-0.25, -0.2) is 13.8 Å². The number of anilines is 4. The molecule has 0 atom stereocenters. The summed E-state index contributed by atoms with van der Waals surface area (Å²) in [6.45, 7) is 1.46. The van der Waals surface area contributed by atoms with Crippen LogP contribution in [0.15, 0.2) is 46.1 Å². The van der Waals surface area contributed by atoms with Gasteiger partial charge in [-0.2, -0.15) is 4.21 Å². The Kier molecular flexibility index (Phi) is 7.59. The van der Waals surface area contributed by atoms with Gasteiger partial charge in [-0.1, -0.05) is 21.1 Å². The van der Waals surface area contributed by atoms with E-state index in [0.717, 1.165) is 31.4 Å². The first-order valence-corrected chi connectivity index (χ1v) is 13.6. The Morgan fingerprint density at radius 2 is 2.00 bits per heavy atom. The third-order valence-electron chi connectivity index (χ3n) is 4.88. The molecule has 180 valence electrons. The number of thiazole rings is 1. The Hall–Kier alpha value is -2.31. The predicted octanol–water partition coefficient (Wildman–Crippen LogP) is 5.17. The van der Waals surface area contributed by atoms with Gasteiger partial charge in [0.05, 0.1) is 27.6 Å². The van der Waals surface area contributed by atoms with Crippen molar-refractivity contribution < 1.29 is 17.5 Å². The molecule has 1 aromatic heterocycles. The van der Waals surface area contributed by atoms with Gasteiger partial charge in [-0.05, 0) is 44.3 Å². The second-order valence-corrected chi connectivity index (χ2v) is 12.0. The molecule has 0 spiro atoms. The number of aromatic nitrogens is 1. The zero-order valence-corrected chi connectivity index (χ0v) is 20.8. The number of nitrogens with zero attached hydrogens (tertiary/aromatic N) is 2. The molecule has 0 saturated carbocycles. The molecule has 7 nitrogen and oxygen atoms in total. The highest BCUT2D eigenvalue weighted by Gasteiger charge is 2.29. The van der Waals surface area contributed by atoms with Crippen LogP contribution >= 0.6 is 22.9 Å². The summed E-state index contributed by atoms with van der Waals surface area (Å²) in [6, 6.07) is 6.34. The molecule has 0 aliphatic carbocycles. The smallest absolute Gasteiger partial charge is 0.154 e. The van der Waals surface area contributed by atoms with Crippen LogP contribution in [0.3, 0.4) is 0 Å². The third-order valence-corrected chi connectivity index (χ3v) is 7.82. The fourth-order valence-electron chi connectivity index (χ4n) is 3.24. The minimum absolute atomic E-state index is 0.0225. The summed E-state index contributed by atoms with van der Waals surface area (Å²) in [5.41, 5.74) is 2.73. The molecule has 3 rings (SSSR count). The lowest BCUT2D eigenvalue weighted by molar-refractivity contribution is 0.510. The van der Waals surface area contributed by atoms with E-state index in [2.05, 4.69) is 20.3 Å². The first-order chi connectivity index (χ1) is 15.5. The quantitative estimate of drug-likeness (QED) is 0.277. The van der Waals surface area contributed by atoms with Crippen molar-refractivity contribution >= 4 is 55.4 Å². The molecule has 2 aromatic carbocycles. The van der Waals surface area contributed by atoms with Crippen LogP contribution < -0.4 is 20.3 Å². The summed E-state index contributed by atoms with van der Waals surface area (Å²) >= 11 is 7.59. The molecule has 0 radical (unpaired) electrons. The van der Waals surface area contributed by atoms with E-state index < -0.39 is 26.1 Å². The van der Waals surface area contributed by atoms with Crippen LogP contribution in [0, 0.1) is 11.6 Å². The van der Waals surface area contributed by atoms with Crippen LogP contribution in [0.4, 0.5) is 31.7 Å². The summed E-state index contributed by atoms with van der Waals surface area (Å²) in [7, 11) is -1.16. The van der Waals surface area contributed by atoms with E-state index in [4.69, 9.17) is 11.6 Å². The predicted molar refractivity (Wildman–Crippen MR) is 134 cm³/mol. The Bertz CT molecular complexity index is 1190. The fourth-order valence-corrected chi connectivity index (χ4v) is 5.70. The summed E-state index contributed by atoms with van der Waals surface area (Å²) in [5.74, 6) is -1.19. The molecular formula is C21H26ClF2N5O2S2. The average Bonchev–Trinajstić information content (AvgIpc) is 3.23. The number of hydrogen-bond donors (Lipinski definition) is 4. The van der Waals surface area contributed by atoms with E-state index in [1.54, 1.807) is 0 Å². The highest BCUT2D eigenvalue weighted by Crippen LogP contribution is 2.39. The second kappa shape index (κ2) is 9.90. The van der Waals surface area contributed by atoms with Gasteiger partial charge in [-0.15, -0.1) is 11.3 Å². The zero-order valence-electron chi connectivity index (χ0n) is 18.4. The molecule has 3 aromatic rings. The second-order valence-electron chi connectivity index (χ2n) is 7.69. The fraction of sp³-hybridized carbons (Fsp3) is 0.286. The Morgan fingerprint density at radius 1 is 1.24 bits per heavy atom. The van der Waals surface area contributed by atoms with E-state index in [1.807, 2.05) is 19.0 Å². The SMILES string of the molecule is CNCCCN(C)c1cc(F)ccc1Nc1cc(F)c(S(C)(=O)(O)Nc2cscn2)cc1Cl. The lowest BCUT2D eigenvalue weighted by atomic mass is 10.2.